The van der Waals surface area contributed by atoms with E-state index in [2.05, 4.69) is 41.5 Å². The van der Waals surface area contributed by atoms with Crippen LogP contribution in [0.2, 0.25) is 0 Å². The molecule has 20 heavy (non-hydrogen) atoms. The summed E-state index contributed by atoms with van der Waals surface area (Å²) in [7, 11) is 1.99. The summed E-state index contributed by atoms with van der Waals surface area (Å²) >= 11 is 0. The number of hydrogen-bond acceptors (Lipinski definition) is 3. The number of aromatic nitrogens is 1. The second-order valence-electron chi connectivity index (χ2n) is 5.34. The van der Waals surface area contributed by atoms with Crippen molar-refractivity contribution in [1.82, 2.24) is 10.3 Å². The van der Waals surface area contributed by atoms with Crippen molar-refractivity contribution in [3.05, 3.63) is 59.4 Å². The Hall–Kier alpha value is -1.87. The molecule has 3 heteroatoms. The molecule has 1 aliphatic rings. The van der Waals surface area contributed by atoms with Gasteiger partial charge in [-0.1, -0.05) is 12.1 Å². The Kier molecular flexibility index (Phi) is 3.70. The van der Waals surface area contributed by atoms with Crippen LogP contribution in [0, 0.1) is 6.92 Å². The first-order valence-corrected chi connectivity index (χ1v) is 7.12. The number of aryl methyl sites for hydroxylation is 1. The van der Waals surface area contributed by atoms with Gasteiger partial charge in [-0.05, 0) is 61.7 Å². The molecule has 1 aromatic carbocycles. The van der Waals surface area contributed by atoms with Crippen molar-refractivity contribution in [2.75, 3.05) is 7.05 Å². The van der Waals surface area contributed by atoms with E-state index in [0.29, 0.717) is 6.10 Å². The third-order valence-corrected chi connectivity index (χ3v) is 3.68. The Morgan fingerprint density at radius 1 is 1.30 bits per heavy atom. The van der Waals surface area contributed by atoms with Crippen LogP contribution in [0.1, 0.15) is 35.6 Å². The first kappa shape index (κ1) is 13.1. The fraction of sp³-hybridized carbons (Fsp3) is 0.353. The molecule has 1 atom stereocenters. The number of pyridine rings is 1. The molecule has 3 nitrogen and oxygen atoms in total. The van der Waals surface area contributed by atoms with Gasteiger partial charge in [0.15, 0.2) is 0 Å². The predicted molar refractivity (Wildman–Crippen MR) is 80.0 cm³/mol. The Bertz CT molecular complexity index is 593. The molecule has 1 saturated carbocycles. The van der Waals surface area contributed by atoms with Gasteiger partial charge in [0.05, 0.1) is 12.1 Å². The predicted octanol–water partition coefficient (Wildman–Crippen LogP) is 3.24. The van der Waals surface area contributed by atoms with Crippen LogP contribution in [0.4, 0.5) is 0 Å². The highest BCUT2D eigenvalue weighted by atomic mass is 16.5. The maximum atomic E-state index is 5.89. The number of hydrogen-bond donors (Lipinski definition) is 1. The van der Waals surface area contributed by atoms with Crippen LogP contribution in [0.25, 0.3) is 0 Å². The van der Waals surface area contributed by atoms with E-state index in [1.54, 1.807) is 0 Å². The minimum atomic E-state index is 0.167. The lowest BCUT2D eigenvalue weighted by atomic mass is 9.96. The molecule has 1 aliphatic carbocycles. The highest BCUT2D eigenvalue weighted by molar-refractivity contribution is 5.38. The molecule has 0 radical (unpaired) electrons. The fourth-order valence-electron chi connectivity index (χ4n) is 2.46. The van der Waals surface area contributed by atoms with Crippen molar-refractivity contribution in [1.29, 1.82) is 0 Å². The van der Waals surface area contributed by atoms with E-state index in [4.69, 9.17) is 4.74 Å². The maximum Gasteiger partial charge on any atom is 0.120 e. The summed E-state index contributed by atoms with van der Waals surface area (Å²) in [6.45, 7) is 2.09. The largest absolute Gasteiger partial charge is 0.490 e. The molecule has 0 bridgehead atoms. The molecule has 0 saturated heterocycles. The quantitative estimate of drug-likeness (QED) is 0.904. The van der Waals surface area contributed by atoms with Crippen molar-refractivity contribution < 1.29 is 4.74 Å². The van der Waals surface area contributed by atoms with E-state index in [9.17, 15) is 0 Å². The van der Waals surface area contributed by atoms with Gasteiger partial charge in [-0.2, -0.15) is 0 Å². The molecule has 0 amide bonds. The van der Waals surface area contributed by atoms with Crippen LogP contribution in [0.5, 0.6) is 5.75 Å². The summed E-state index contributed by atoms with van der Waals surface area (Å²) in [6, 6.07) is 10.6. The van der Waals surface area contributed by atoms with E-state index < -0.39 is 0 Å². The van der Waals surface area contributed by atoms with Crippen molar-refractivity contribution in [3.8, 4) is 5.75 Å². The minimum Gasteiger partial charge on any atom is -0.490 e. The Balaban J connectivity index is 1.90. The van der Waals surface area contributed by atoms with Crippen molar-refractivity contribution in [3.63, 3.8) is 0 Å². The number of ether oxygens (including phenoxy) is 1. The molecule has 0 spiro atoms. The number of rotatable bonds is 5. The Morgan fingerprint density at radius 2 is 2.15 bits per heavy atom. The minimum absolute atomic E-state index is 0.167. The van der Waals surface area contributed by atoms with Crippen LogP contribution < -0.4 is 10.1 Å². The van der Waals surface area contributed by atoms with Crippen LogP contribution in [-0.4, -0.2) is 18.1 Å². The fourth-order valence-corrected chi connectivity index (χ4v) is 2.46. The van der Waals surface area contributed by atoms with Crippen LogP contribution in [0.3, 0.4) is 0 Å². The first-order chi connectivity index (χ1) is 9.78. The zero-order valence-electron chi connectivity index (χ0n) is 12.0. The Morgan fingerprint density at radius 3 is 2.85 bits per heavy atom. The molecule has 2 aromatic rings. The van der Waals surface area contributed by atoms with E-state index in [1.807, 2.05) is 25.5 Å². The normalized spacial score (nSPS) is 15.9. The van der Waals surface area contributed by atoms with Gasteiger partial charge < -0.3 is 10.1 Å². The molecule has 1 unspecified atom stereocenters. The van der Waals surface area contributed by atoms with E-state index in [-0.39, 0.29) is 6.04 Å². The summed E-state index contributed by atoms with van der Waals surface area (Å²) in [5.74, 6) is 0.969. The van der Waals surface area contributed by atoms with Crippen LogP contribution in [0.15, 0.2) is 42.7 Å². The lowest BCUT2D eigenvalue weighted by Gasteiger charge is -2.19. The van der Waals surface area contributed by atoms with Crippen LogP contribution in [-0.2, 0) is 0 Å². The van der Waals surface area contributed by atoms with E-state index in [0.717, 1.165) is 5.75 Å². The van der Waals surface area contributed by atoms with Crippen molar-refractivity contribution in [2.24, 2.45) is 0 Å². The number of nitrogens with one attached hydrogen (secondary N) is 1. The first-order valence-electron chi connectivity index (χ1n) is 7.12. The summed E-state index contributed by atoms with van der Waals surface area (Å²) < 4.78 is 5.89. The lowest BCUT2D eigenvalue weighted by Crippen LogP contribution is -2.18. The van der Waals surface area contributed by atoms with Gasteiger partial charge in [0.2, 0.25) is 0 Å². The average Bonchev–Trinajstić information content (AvgIpc) is 3.26. The van der Waals surface area contributed by atoms with Crippen molar-refractivity contribution in [2.45, 2.75) is 31.9 Å². The average molecular weight is 268 g/mol. The third kappa shape index (κ3) is 2.83. The maximum absolute atomic E-state index is 5.89. The molecule has 104 valence electrons. The topological polar surface area (TPSA) is 34.1 Å². The molecular weight excluding hydrogens is 248 g/mol. The van der Waals surface area contributed by atoms with Gasteiger partial charge in [0.1, 0.15) is 5.75 Å². The summed E-state index contributed by atoms with van der Waals surface area (Å²) in [5.41, 5.74) is 3.67. The smallest absolute Gasteiger partial charge is 0.120 e. The molecule has 3 rings (SSSR count). The van der Waals surface area contributed by atoms with E-state index in [1.165, 1.54) is 29.5 Å². The van der Waals surface area contributed by atoms with Gasteiger partial charge in [-0.15, -0.1) is 0 Å². The van der Waals surface area contributed by atoms with E-state index >= 15 is 0 Å². The second-order valence-corrected chi connectivity index (χ2v) is 5.34. The van der Waals surface area contributed by atoms with Crippen molar-refractivity contribution >= 4 is 0 Å². The number of nitrogens with zero attached hydrogens (tertiary/aromatic N) is 1. The molecule has 0 aliphatic heterocycles. The third-order valence-electron chi connectivity index (χ3n) is 3.68. The highest BCUT2D eigenvalue weighted by Crippen LogP contribution is 2.30. The van der Waals surface area contributed by atoms with Gasteiger partial charge >= 0.3 is 0 Å². The summed E-state index contributed by atoms with van der Waals surface area (Å²) in [5, 5.41) is 3.39. The van der Waals surface area contributed by atoms with Gasteiger partial charge in [0, 0.05) is 12.4 Å². The molecule has 1 fully saturated rings. The van der Waals surface area contributed by atoms with Gasteiger partial charge in [-0.25, -0.2) is 0 Å². The summed E-state index contributed by atoms with van der Waals surface area (Å²) in [6.07, 6.45) is 6.55. The standard InChI is InChI=1S/C17H20N2O/c1-12-11-19-9-8-16(12)17(18-2)13-4-3-5-15(10-13)20-14-6-7-14/h3-5,8-11,14,17-18H,6-7H2,1-2H3. The lowest BCUT2D eigenvalue weighted by molar-refractivity contribution is 0.302. The Labute approximate surface area is 120 Å². The SMILES string of the molecule is CNC(c1cccc(OC2CC2)c1)c1ccncc1C. The zero-order valence-corrected chi connectivity index (χ0v) is 12.0. The molecule has 1 N–H and O–H groups in total. The van der Waals surface area contributed by atoms with Crippen LogP contribution >= 0.6 is 0 Å². The van der Waals surface area contributed by atoms with Gasteiger partial charge in [0.25, 0.3) is 0 Å². The zero-order chi connectivity index (χ0) is 13.9. The second kappa shape index (κ2) is 5.63. The number of benzene rings is 1. The van der Waals surface area contributed by atoms with Gasteiger partial charge in [-0.3, -0.25) is 4.98 Å². The molecule has 1 heterocycles. The monoisotopic (exact) mass is 268 g/mol. The highest BCUT2D eigenvalue weighted by Gasteiger charge is 2.24. The molecular formula is C17H20N2O. The molecule has 1 aromatic heterocycles. The summed E-state index contributed by atoms with van der Waals surface area (Å²) in [4.78, 5) is 4.17.